The summed E-state index contributed by atoms with van der Waals surface area (Å²) in [7, 11) is 0. The Morgan fingerprint density at radius 1 is 1.45 bits per heavy atom. The van der Waals surface area contributed by atoms with E-state index >= 15 is 0 Å². The summed E-state index contributed by atoms with van der Waals surface area (Å²) in [6, 6.07) is 0. The summed E-state index contributed by atoms with van der Waals surface area (Å²) in [6.07, 6.45) is 3.10. The Balaban J connectivity index is 0.000000292. The maximum atomic E-state index is 4.13. The summed E-state index contributed by atoms with van der Waals surface area (Å²) < 4.78 is 0. The predicted octanol–water partition coefficient (Wildman–Crippen LogP) is 3.68. The van der Waals surface area contributed by atoms with Gasteiger partial charge in [0.05, 0.1) is 5.01 Å². The quantitative estimate of drug-likeness (QED) is 0.628. The van der Waals surface area contributed by atoms with Crippen molar-refractivity contribution in [1.29, 1.82) is 0 Å². The summed E-state index contributed by atoms with van der Waals surface area (Å²) in [6.45, 7) is 8.55. The molecule has 0 N–H and O–H groups in total. The third kappa shape index (κ3) is 4.96. The van der Waals surface area contributed by atoms with Gasteiger partial charge in [0.2, 0.25) is 0 Å². The maximum absolute atomic E-state index is 4.13. The molecule has 0 saturated heterocycles. The largest absolute Gasteiger partial charge is 0.249 e. The number of hydrogen-bond acceptors (Lipinski definition) is 2. The van der Waals surface area contributed by atoms with Crippen LogP contribution in [0.5, 0.6) is 0 Å². The Kier molecular flexibility index (Phi) is 6.13. The van der Waals surface area contributed by atoms with Gasteiger partial charge in [-0.3, -0.25) is 0 Å². The highest BCUT2D eigenvalue weighted by molar-refractivity contribution is 7.09. The molecule has 1 aromatic heterocycles. The molecule has 0 aliphatic rings. The van der Waals surface area contributed by atoms with Crippen molar-refractivity contribution in [2.45, 2.75) is 40.0 Å². The maximum Gasteiger partial charge on any atom is 0.0950 e. The molecule has 0 amide bonds. The van der Waals surface area contributed by atoms with Crippen LogP contribution < -0.4 is 0 Å². The van der Waals surface area contributed by atoms with Gasteiger partial charge in [0, 0.05) is 17.5 Å². The molecular formula is C9H17NS. The highest BCUT2D eigenvalue weighted by Crippen LogP contribution is 2.15. The van der Waals surface area contributed by atoms with Gasteiger partial charge in [0.25, 0.3) is 0 Å². The minimum Gasteiger partial charge on any atom is -0.249 e. The molecular weight excluding hydrogens is 154 g/mol. The predicted molar refractivity (Wildman–Crippen MR) is 52.2 cm³/mol. The highest BCUT2D eigenvalue weighted by atomic mass is 32.1. The Morgan fingerprint density at radius 2 is 2.00 bits per heavy atom. The first-order valence-electron chi connectivity index (χ1n) is 4.11. The van der Waals surface area contributed by atoms with Crippen molar-refractivity contribution >= 4 is 11.3 Å². The van der Waals surface area contributed by atoms with Crippen molar-refractivity contribution in [3.63, 3.8) is 0 Å². The van der Waals surface area contributed by atoms with E-state index in [9.17, 15) is 0 Å². The molecule has 1 aromatic rings. The van der Waals surface area contributed by atoms with Gasteiger partial charge in [0.1, 0.15) is 0 Å². The van der Waals surface area contributed by atoms with Gasteiger partial charge >= 0.3 is 0 Å². The van der Waals surface area contributed by atoms with Crippen LogP contribution in [0.25, 0.3) is 0 Å². The van der Waals surface area contributed by atoms with E-state index in [0.29, 0.717) is 5.92 Å². The minimum absolute atomic E-state index is 0.593. The second-order valence-corrected chi connectivity index (χ2v) is 3.66. The zero-order valence-corrected chi connectivity index (χ0v) is 8.61. The standard InChI is InChI=1S/C6H9NS.C3H8/c1-5(2)6-7-3-4-8-6;1-3-2/h3-5H,1-2H3;3H2,1-2H3. The first kappa shape index (κ1) is 10.6. The van der Waals surface area contributed by atoms with E-state index in [-0.39, 0.29) is 0 Å². The number of aromatic nitrogens is 1. The Hall–Kier alpha value is -0.370. The van der Waals surface area contributed by atoms with E-state index in [1.165, 1.54) is 11.4 Å². The monoisotopic (exact) mass is 171 g/mol. The van der Waals surface area contributed by atoms with Crippen LogP contribution in [0.1, 0.15) is 45.0 Å². The summed E-state index contributed by atoms with van der Waals surface area (Å²) in [5, 5.41) is 3.24. The van der Waals surface area contributed by atoms with Crippen LogP contribution in [0, 0.1) is 0 Å². The smallest absolute Gasteiger partial charge is 0.0950 e. The molecule has 0 saturated carbocycles. The molecule has 1 nitrogen and oxygen atoms in total. The molecule has 0 aliphatic carbocycles. The van der Waals surface area contributed by atoms with Crippen molar-refractivity contribution in [1.82, 2.24) is 4.98 Å². The second-order valence-electron chi connectivity index (χ2n) is 2.73. The van der Waals surface area contributed by atoms with Crippen molar-refractivity contribution in [3.8, 4) is 0 Å². The topological polar surface area (TPSA) is 12.9 Å². The zero-order valence-electron chi connectivity index (χ0n) is 7.79. The van der Waals surface area contributed by atoms with Crippen LogP contribution in [0.15, 0.2) is 11.6 Å². The van der Waals surface area contributed by atoms with Crippen LogP contribution >= 0.6 is 11.3 Å². The summed E-state index contributed by atoms with van der Waals surface area (Å²) >= 11 is 1.72. The number of nitrogens with zero attached hydrogens (tertiary/aromatic N) is 1. The van der Waals surface area contributed by atoms with Crippen LogP contribution in [0.3, 0.4) is 0 Å². The lowest BCUT2D eigenvalue weighted by atomic mass is 10.2. The summed E-state index contributed by atoms with van der Waals surface area (Å²) in [5.74, 6) is 0.593. The minimum atomic E-state index is 0.593. The van der Waals surface area contributed by atoms with Gasteiger partial charge in [0.15, 0.2) is 0 Å². The van der Waals surface area contributed by atoms with Gasteiger partial charge in [-0.05, 0) is 0 Å². The summed E-state index contributed by atoms with van der Waals surface area (Å²) in [5.41, 5.74) is 0. The molecule has 0 aromatic carbocycles. The number of hydrogen-bond donors (Lipinski definition) is 0. The number of thiazole rings is 1. The molecule has 1 heterocycles. The van der Waals surface area contributed by atoms with E-state index in [0.717, 1.165) is 0 Å². The lowest BCUT2D eigenvalue weighted by molar-refractivity contribution is 0.852. The van der Waals surface area contributed by atoms with Crippen molar-refractivity contribution in [3.05, 3.63) is 16.6 Å². The molecule has 0 atom stereocenters. The molecule has 2 heteroatoms. The summed E-state index contributed by atoms with van der Waals surface area (Å²) in [4.78, 5) is 4.13. The second kappa shape index (κ2) is 6.35. The van der Waals surface area contributed by atoms with Gasteiger partial charge < -0.3 is 0 Å². The van der Waals surface area contributed by atoms with E-state index in [4.69, 9.17) is 0 Å². The SMILES string of the molecule is CC(C)c1nccs1.CCC. The molecule has 0 spiro atoms. The van der Waals surface area contributed by atoms with Crippen molar-refractivity contribution in [2.75, 3.05) is 0 Å². The van der Waals surface area contributed by atoms with Gasteiger partial charge in [-0.25, -0.2) is 4.98 Å². The molecule has 64 valence electrons. The fraction of sp³-hybridized carbons (Fsp3) is 0.667. The highest BCUT2D eigenvalue weighted by Gasteiger charge is 1.97. The van der Waals surface area contributed by atoms with Gasteiger partial charge in [-0.15, -0.1) is 11.3 Å². The molecule has 0 aliphatic heterocycles. The van der Waals surface area contributed by atoms with E-state index in [2.05, 4.69) is 32.7 Å². The average Bonchev–Trinajstić information content (AvgIpc) is 2.38. The van der Waals surface area contributed by atoms with E-state index in [1.807, 2.05) is 11.6 Å². The van der Waals surface area contributed by atoms with Gasteiger partial charge in [-0.2, -0.15) is 0 Å². The first-order valence-corrected chi connectivity index (χ1v) is 4.99. The fourth-order valence-corrected chi connectivity index (χ4v) is 1.17. The third-order valence-corrected chi connectivity index (χ3v) is 2.02. The van der Waals surface area contributed by atoms with E-state index in [1.54, 1.807) is 11.3 Å². The zero-order chi connectivity index (χ0) is 8.69. The van der Waals surface area contributed by atoms with Crippen LogP contribution in [-0.2, 0) is 0 Å². The Morgan fingerprint density at radius 3 is 2.18 bits per heavy atom. The van der Waals surface area contributed by atoms with E-state index < -0.39 is 0 Å². The lowest BCUT2D eigenvalue weighted by Crippen LogP contribution is -1.81. The molecule has 0 unspecified atom stereocenters. The average molecular weight is 171 g/mol. The molecule has 1 rings (SSSR count). The molecule has 11 heavy (non-hydrogen) atoms. The Bertz CT molecular complexity index is 156. The number of rotatable bonds is 1. The fourth-order valence-electron chi connectivity index (χ4n) is 0.520. The molecule has 0 fully saturated rings. The van der Waals surface area contributed by atoms with Gasteiger partial charge in [-0.1, -0.05) is 34.1 Å². The lowest BCUT2D eigenvalue weighted by Gasteiger charge is -1.93. The molecule has 0 bridgehead atoms. The van der Waals surface area contributed by atoms with Crippen LogP contribution in [-0.4, -0.2) is 4.98 Å². The van der Waals surface area contributed by atoms with Crippen LogP contribution in [0.4, 0.5) is 0 Å². The first-order chi connectivity index (χ1) is 5.22. The van der Waals surface area contributed by atoms with Crippen LogP contribution in [0.2, 0.25) is 0 Å². The normalized spacial score (nSPS) is 9.18. The molecule has 0 radical (unpaired) electrons. The van der Waals surface area contributed by atoms with Crippen molar-refractivity contribution in [2.24, 2.45) is 0 Å². The third-order valence-electron chi connectivity index (χ3n) is 0.945. The van der Waals surface area contributed by atoms with Crippen molar-refractivity contribution < 1.29 is 0 Å². The Labute approximate surface area is 73.5 Å².